The number of carbonyl (C=O) groups is 3. The van der Waals surface area contributed by atoms with Gasteiger partial charge in [-0.05, 0) is 23.3 Å². The topological polar surface area (TPSA) is 84.9 Å². The zero-order chi connectivity index (χ0) is 19.2. The summed E-state index contributed by atoms with van der Waals surface area (Å²) in [4.78, 5) is 41.2. The molecule has 3 amide bonds. The third-order valence-corrected chi connectivity index (χ3v) is 3.91. The molecule has 0 aromatic heterocycles. The Balaban J connectivity index is 1.52. The summed E-state index contributed by atoms with van der Waals surface area (Å²) in [5.41, 5.74) is 2.33. The number of ether oxygens (including phenoxy) is 1. The molecule has 138 valence electrons. The average Bonchev–Trinajstić information content (AvgIpc) is 2.94. The summed E-state index contributed by atoms with van der Waals surface area (Å²) in [6, 6.07) is 13.8. The van der Waals surface area contributed by atoms with Crippen LogP contribution in [-0.4, -0.2) is 29.6 Å². The summed E-state index contributed by atoms with van der Waals surface area (Å²) >= 11 is 0. The van der Waals surface area contributed by atoms with E-state index in [4.69, 9.17) is 9.57 Å². The number of imide groups is 1. The van der Waals surface area contributed by atoms with Crippen LogP contribution < -0.4 is 5.32 Å². The van der Waals surface area contributed by atoms with Crippen LogP contribution in [0.25, 0.3) is 0 Å². The highest BCUT2D eigenvalue weighted by molar-refractivity contribution is 6.20. The van der Waals surface area contributed by atoms with Gasteiger partial charge in [0.05, 0.1) is 11.1 Å². The van der Waals surface area contributed by atoms with Crippen LogP contribution in [0, 0.1) is 0 Å². The van der Waals surface area contributed by atoms with E-state index >= 15 is 0 Å². The molecular weight excluding hydrogens is 348 g/mol. The van der Waals surface area contributed by atoms with E-state index in [0.29, 0.717) is 17.7 Å². The van der Waals surface area contributed by atoms with Crippen molar-refractivity contribution >= 4 is 17.9 Å². The number of amides is 3. The lowest BCUT2D eigenvalue weighted by Gasteiger charge is -2.13. The van der Waals surface area contributed by atoms with Crippen LogP contribution in [0.3, 0.4) is 0 Å². The van der Waals surface area contributed by atoms with Gasteiger partial charge in [-0.3, -0.25) is 14.4 Å². The van der Waals surface area contributed by atoms with E-state index in [1.807, 2.05) is 12.1 Å². The second kappa shape index (κ2) is 8.29. The van der Waals surface area contributed by atoms with Gasteiger partial charge >= 0.3 is 6.09 Å². The average molecular weight is 366 g/mol. The molecule has 2 aromatic carbocycles. The highest BCUT2D eigenvalue weighted by atomic mass is 16.7. The molecule has 2 aromatic rings. The second-order valence-electron chi connectivity index (χ2n) is 5.78. The van der Waals surface area contributed by atoms with Gasteiger partial charge in [0.1, 0.15) is 13.2 Å². The van der Waals surface area contributed by atoms with Gasteiger partial charge in [0.2, 0.25) is 0 Å². The SMILES string of the molecule is C=CCOC(=O)NCc1ccc(CON2C(=O)c3ccccc3C2=O)cc1. The monoisotopic (exact) mass is 366 g/mol. The molecule has 1 N–H and O–H groups in total. The second-order valence-corrected chi connectivity index (χ2v) is 5.78. The molecule has 0 saturated carbocycles. The van der Waals surface area contributed by atoms with Gasteiger partial charge in [0.25, 0.3) is 11.8 Å². The Morgan fingerprint density at radius 3 is 2.19 bits per heavy atom. The molecule has 0 spiro atoms. The fraction of sp³-hybridized carbons (Fsp3) is 0.150. The first-order valence-electron chi connectivity index (χ1n) is 8.30. The minimum absolute atomic E-state index is 0.0700. The van der Waals surface area contributed by atoms with Crippen molar-refractivity contribution in [2.45, 2.75) is 13.2 Å². The third-order valence-electron chi connectivity index (χ3n) is 3.91. The van der Waals surface area contributed by atoms with Crippen molar-refractivity contribution in [3.63, 3.8) is 0 Å². The van der Waals surface area contributed by atoms with Crippen LogP contribution in [0.2, 0.25) is 0 Å². The fourth-order valence-corrected chi connectivity index (χ4v) is 2.54. The maximum Gasteiger partial charge on any atom is 0.407 e. The summed E-state index contributed by atoms with van der Waals surface area (Å²) < 4.78 is 4.82. The number of nitrogens with one attached hydrogen (secondary N) is 1. The lowest BCUT2D eigenvalue weighted by molar-refractivity contribution is -0.101. The van der Waals surface area contributed by atoms with Crippen molar-refractivity contribution in [2.75, 3.05) is 6.61 Å². The summed E-state index contributed by atoms with van der Waals surface area (Å²) in [5.74, 6) is -0.927. The number of nitrogens with zero attached hydrogens (tertiary/aromatic N) is 1. The Labute approximate surface area is 156 Å². The Bertz CT molecular complexity index is 841. The van der Waals surface area contributed by atoms with Gasteiger partial charge in [-0.1, -0.05) is 49.1 Å². The zero-order valence-corrected chi connectivity index (χ0v) is 14.5. The minimum Gasteiger partial charge on any atom is -0.445 e. The van der Waals surface area contributed by atoms with Gasteiger partial charge in [-0.25, -0.2) is 4.79 Å². The molecule has 1 heterocycles. The van der Waals surface area contributed by atoms with Crippen molar-refractivity contribution < 1.29 is 24.0 Å². The molecule has 7 heteroatoms. The predicted octanol–water partition coefficient (Wildman–Crippen LogP) is 2.83. The summed E-state index contributed by atoms with van der Waals surface area (Å²) in [6.07, 6.45) is 0.968. The Morgan fingerprint density at radius 1 is 1.00 bits per heavy atom. The molecule has 0 radical (unpaired) electrons. The van der Waals surface area contributed by atoms with E-state index in [1.165, 1.54) is 6.08 Å². The van der Waals surface area contributed by atoms with E-state index in [9.17, 15) is 14.4 Å². The fourth-order valence-electron chi connectivity index (χ4n) is 2.54. The molecule has 0 fully saturated rings. The van der Waals surface area contributed by atoms with Crippen molar-refractivity contribution in [2.24, 2.45) is 0 Å². The van der Waals surface area contributed by atoms with Crippen LogP contribution >= 0.6 is 0 Å². The normalized spacial score (nSPS) is 12.7. The van der Waals surface area contributed by atoms with Crippen molar-refractivity contribution in [1.29, 1.82) is 0 Å². The number of hydrogen-bond donors (Lipinski definition) is 1. The van der Waals surface area contributed by atoms with Gasteiger partial charge in [-0.15, -0.1) is 5.06 Å². The van der Waals surface area contributed by atoms with Gasteiger partial charge in [0.15, 0.2) is 0 Å². The highest BCUT2D eigenvalue weighted by Crippen LogP contribution is 2.23. The molecule has 0 bridgehead atoms. The minimum atomic E-state index is -0.520. The third kappa shape index (κ3) is 4.21. The molecule has 0 aliphatic carbocycles. The van der Waals surface area contributed by atoms with Crippen LogP contribution in [-0.2, 0) is 22.7 Å². The first-order valence-corrected chi connectivity index (χ1v) is 8.30. The zero-order valence-electron chi connectivity index (χ0n) is 14.5. The Kier molecular flexibility index (Phi) is 5.63. The number of hydrogen-bond acceptors (Lipinski definition) is 5. The largest absolute Gasteiger partial charge is 0.445 e. The van der Waals surface area contributed by atoms with Crippen molar-refractivity contribution in [1.82, 2.24) is 10.4 Å². The molecule has 0 unspecified atom stereocenters. The quantitative estimate of drug-likeness (QED) is 0.602. The number of benzene rings is 2. The number of hydroxylamine groups is 2. The van der Waals surface area contributed by atoms with E-state index in [0.717, 1.165) is 16.2 Å². The Hall–Kier alpha value is -3.45. The van der Waals surface area contributed by atoms with Crippen LogP contribution in [0.4, 0.5) is 4.79 Å². The van der Waals surface area contributed by atoms with Gasteiger partial charge in [-0.2, -0.15) is 0 Å². The smallest absolute Gasteiger partial charge is 0.407 e. The van der Waals surface area contributed by atoms with E-state index in [2.05, 4.69) is 11.9 Å². The van der Waals surface area contributed by atoms with E-state index in [-0.39, 0.29) is 13.2 Å². The summed E-state index contributed by atoms with van der Waals surface area (Å²) in [6.45, 7) is 4.00. The van der Waals surface area contributed by atoms with Crippen LogP contribution in [0.1, 0.15) is 31.8 Å². The van der Waals surface area contributed by atoms with Crippen LogP contribution in [0.5, 0.6) is 0 Å². The predicted molar refractivity (Wildman–Crippen MR) is 96.6 cm³/mol. The first kappa shape index (κ1) is 18.3. The maximum atomic E-state index is 12.2. The Morgan fingerprint density at radius 2 is 1.59 bits per heavy atom. The van der Waals surface area contributed by atoms with Gasteiger partial charge in [0, 0.05) is 6.54 Å². The highest BCUT2D eigenvalue weighted by Gasteiger charge is 2.36. The number of rotatable bonds is 7. The van der Waals surface area contributed by atoms with Crippen molar-refractivity contribution in [3.8, 4) is 0 Å². The molecule has 1 aliphatic rings. The number of alkyl carbamates (subject to hydrolysis) is 1. The lowest BCUT2D eigenvalue weighted by atomic mass is 10.1. The molecule has 0 saturated heterocycles. The number of carbonyl (C=O) groups excluding carboxylic acids is 3. The molecule has 0 atom stereocenters. The molecule has 1 aliphatic heterocycles. The molecular formula is C20H18N2O5. The molecule has 3 rings (SSSR count). The maximum absolute atomic E-state index is 12.2. The van der Waals surface area contributed by atoms with Crippen LogP contribution in [0.15, 0.2) is 61.2 Å². The van der Waals surface area contributed by atoms with Crippen molar-refractivity contribution in [3.05, 3.63) is 83.4 Å². The van der Waals surface area contributed by atoms with E-state index in [1.54, 1.807) is 36.4 Å². The summed E-state index contributed by atoms with van der Waals surface area (Å²) in [7, 11) is 0. The molecule has 27 heavy (non-hydrogen) atoms. The number of fused-ring (bicyclic) bond motifs is 1. The lowest BCUT2D eigenvalue weighted by Crippen LogP contribution is -2.29. The molecule has 7 nitrogen and oxygen atoms in total. The standard InChI is InChI=1S/C20H18N2O5/c1-2-11-26-20(25)21-12-14-7-9-15(10-8-14)13-27-22-18(23)16-5-3-4-6-17(16)19(22)24/h2-10H,1,11-13H2,(H,21,25). The first-order chi connectivity index (χ1) is 13.1. The van der Waals surface area contributed by atoms with E-state index < -0.39 is 17.9 Å². The van der Waals surface area contributed by atoms with Gasteiger partial charge < -0.3 is 10.1 Å². The summed E-state index contributed by atoms with van der Waals surface area (Å²) in [5, 5.41) is 3.40.